The maximum Gasteiger partial charge on any atom is 0.251 e. The summed E-state index contributed by atoms with van der Waals surface area (Å²) in [5, 5.41) is 9.33. The number of hydrogen-bond acceptors (Lipinski definition) is 3. The van der Waals surface area contributed by atoms with Crippen molar-refractivity contribution in [3.8, 4) is 5.69 Å². The Balaban J connectivity index is 1.42. The van der Waals surface area contributed by atoms with Crippen LogP contribution in [0.5, 0.6) is 0 Å². The van der Waals surface area contributed by atoms with Gasteiger partial charge in [0, 0.05) is 24.4 Å². The Bertz CT molecular complexity index is 1920. The molecule has 1 heterocycles. The fourth-order valence-electron chi connectivity index (χ4n) is 5.57. The number of amides is 2. The highest BCUT2D eigenvalue weighted by molar-refractivity contribution is 6.80. The summed E-state index contributed by atoms with van der Waals surface area (Å²) in [7, 11) is -0.484. The summed E-state index contributed by atoms with van der Waals surface area (Å²) in [6.07, 6.45) is 3.14. The summed E-state index contributed by atoms with van der Waals surface area (Å²) in [6, 6.07) is 33.1. The first-order chi connectivity index (χ1) is 23.5. The van der Waals surface area contributed by atoms with Gasteiger partial charge in [-0.15, -0.1) is 0 Å². The van der Waals surface area contributed by atoms with Crippen molar-refractivity contribution in [2.45, 2.75) is 39.3 Å². The van der Waals surface area contributed by atoms with Gasteiger partial charge in [-0.05, 0) is 68.9 Å². The zero-order chi connectivity index (χ0) is 35.1. The normalized spacial score (nSPS) is 11.7. The van der Waals surface area contributed by atoms with Crippen molar-refractivity contribution < 1.29 is 14.0 Å². The van der Waals surface area contributed by atoms with E-state index < -0.39 is 14.5 Å². The standard InChI is InChI=1S/C39H38Cl3N3O3Si/c1-39(2,3)35-36(41)28(25-48-49(30-11-7-5-8-12-30)31-13-9-6-10-14-31)23-32(37(35)42)45-29(20-21-33(45)40)24-44-34(46)22-17-26-15-18-27(19-16-26)38(47)43-4/h5-23,49H,24-25H2,1-4H3,(H,43,47)(H,44,46). The summed E-state index contributed by atoms with van der Waals surface area (Å²) in [6.45, 7) is 6.66. The number of aromatic nitrogens is 1. The quantitative estimate of drug-likeness (QED) is 0.109. The summed E-state index contributed by atoms with van der Waals surface area (Å²) >= 11 is 21.1. The van der Waals surface area contributed by atoms with Gasteiger partial charge in [0.25, 0.3) is 5.91 Å². The predicted molar refractivity (Wildman–Crippen MR) is 204 cm³/mol. The van der Waals surface area contributed by atoms with Gasteiger partial charge in [-0.2, -0.15) is 0 Å². The third kappa shape index (κ3) is 8.74. The highest BCUT2D eigenvalue weighted by atomic mass is 35.5. The number of hydrogen-bond donors (Lipinski definition) is 2. The van der Waals surface area contributed by atoms with Crippen LogP contribution in [-0.2, 0) is 27.8 Å². The molecule has 1 aromatic heterocycles. The predicted octanol–water partition coefficient (Wildman–Crippen LogP) is 7.48. The van der Waals surface area contributed by atoms with Gasteiger partial charge in [0.1, 0.15) is 5.15 Å². The number of nitrogens with zero attached hydrogens (tertiary/aromatic N) is 1. The number of carbonyl (C=O) groups is 2. The number of nitrogens with one attached hydrogen (secondary N) is 2. The number of carbonyl (C=O) groups excluding carboxylic acids is 2. The van der Waals surface area contributed by atoms with Crippen molar-refractivity contribution in [3.63, 3.8) is 0 Å². The number of halogens is 3. The minimum absolute atomic E-state index is 0.171. The molecular weight excluding hydrogens is 693 g/mol. The average molecular weight is 731 g/mol. The molecule has 0 aliphatic carbocycles. The third-order valence-electron chi connectivity index (χ3n) is 8.04. The molecule has 6 nitrogen and oxygen atoms in total. The molecule has 0 aliphatic rings. The van der Waals surface area contributed by atoms with E-state index in [0.29, 0.717) is 26.4 Å². The van der Waals surface area contributed by atoms with Crippen LogP contribution in [0.4, 0.5) is 0 Å². The van der Waals surface area contributed by atoms with Gasteiger partial charge in [0.05, 0.1) is 28.9 Å². The van der Waals surface area contributed by atoms with Gasteiger partial charge in [-0.1, -0.05) is 128 Å². The zero-order valence-corrected chi connectivity index (χ0v) is 31.2. The second-order valence-corrected chi connectivity index (χ2v) is 16.1. The molecule has 2 N–H and O–H groups in total. The van der Waals surface area contributed by atoms with Crippen LogP contribution < -0.4 is 21.0 Å². The first-order valence-electron chi connectivity index (χ1n) is 15.8. The lowest BCUT2D eigenvalue weighted by Crippen LogP contribution is -2.44. The Morgan fingerprint density at radius 1 is 0.837 bits per heavy atom. The van der Waals surface area contributed by atoms with Gasteiger partial charge in [0.2, 0.25) is 14.9 Å². The van der Waals surface area contributed by atoms with Crippen LogP contribution in [0.1, 0.15) is 53.5 Å². The second-order valence-electron chi connectivity index (χ2n) is 12.6. The van der Waals surface area contributed by atoms with Crippen LogP contribution >= 0.6 is 34.8 Å². The van der Waals surface area contributed by atoms with E-state index in [0.717, 1.165) is 32.8 Å². The molecule has 0 fully saturated rings. The minimum atomic E-state index is -2.07. The molecular formula is C39H38Cl3N3O3Si. The Kier molecular flexibility index (Phi) is 11.9. The lowest BCUT2D eigenvalue weighted by atomic mass is 9.85. The van der Waals surface area contributed by atoms with E-state index >= 15 is 0 Å². The largest absolute Gasteiger partial charge is 0.407 e. The highest BCUT2D eigenvalue weighted by Crippen LogP contribution is 2.42. The van der Waals surface area contributed by atoms with E-state index in [9.17, 15) is 9.59 Å². The molecule has 10 heteroatoms. The van der Waals surface area contributed by atoms with Crippen LogP contribution in [0.2, 0.25) is 15.2 Å². The average Bonchev–Trinajstić information content (AvgIpc) is 3.47. The lowest BCUT2D eigenvalue weighted by Gasteiger charge is -2.27. The van der Waals surface area contributed by atoms with Crippen LogP contribution in [0.3, 0.4) is 0 Å². The van der Waals surface area contributed by atoms with Crippen LogP contribution in [0, 0.1) is 0 Å². The molecule has 0 unspecified atom stereocenters. The molecule has 0 aliphatic heterocycles. The van der Waals surface area contributed by atoms with E-state index in [1.54, 1.807) is 43.5 Å². The Labute approximate surface area is 304 Å². The molecule has 0 radical (unpaired) electrons. The van der Waals surface area contributed by atoms with Gasteiger partial charge < -0.3 is 19.6 Å². The molecule has 5 rings (SSSR count). The molecule has 0 atom stereocenters. The molecule has 0 saturated heterocycles. The van der Waals surface area contributed by atoms with E-state index in [4.69, 9.17) is 39.2 Å². The van der Waals surface area contributed by atoms with Crippen molar-refractivity contribution in [2.24, 2.45) is 0 Å². The molecule has 0 bridgehead atoms. The molecule has 2 amide bonds. The SMILES string of the molecule is CNC(=O)c1ccc(C=CC(=O)NCc2ccc(Cl)n2-c2cc(CO[SiH](c3ccccc3)c3ccccc3)c(Cl)c(C(C)(C)C)c2Cl)cc1. The fraction of sp³-hybridized carbons (Fsp3) is 0.179. The first-order valence-corrected chi connectivity index (χ1v) is 18.6. The molecule has 0 saturated carbocycles. The maximum atomic E-state index is 12.8. The van der Waals surface area contributed by atoms with Crippen molar-refractivity contribution in [2.75, 3.05) is 7.05 Å². The van der Waals surface area contributed by atoms with Crippen molar-refractivity contribution >= 4 is 72.1 Å². The summed E-state index contributed by atoms with van der Waals surface area (Å²) in [5.41, 5.74) is 3.90. The lowest BCUT2D eigenvalue weighted by molar-refractivity contribution is -0.116. The maximum absolute atomic E-state index is 12.8. The van der Waals surface area contributed by atoms with E-state index in [1.165, 1.54) is 6.08 Å². The second kappa shape index (κ2) is 16.1. The zero-order valence-electron chi connectivity index (χ0n) is 27.8. The molecule has 4 aromatic carbocycles. The van der Waals surface area contributed by atoms with Crippen LogP contribution in [-0.4, -0.2) is 32.5 Å². The van der Waals surface area contributed by atoms with E-state index in [-0.39, 0.29) is 25.0 Å². The Morgan fingerprint density at radius 3 is 2.02 bits per heavy atom. The summed E-state index contributed by atoms with van der Waals surface area (Å²) < 4.78 is 8.61. The first kappa shape index (κ1) is 36.2. The van der Waals surface area contributed by atoms with Crippen LogP contribution in [0.15, 0.2) is 109 Å². The van der Waals surface area contributed by atoms with Gasteiger partial charge in [0.15, 0.2) is 0 Å². The minimum Gasteiger partial charge on any atom is -0.407 e. The Morgan fingerprint density at radius 2 is 1.45 bits per heavy atom. The number of rotatable bonds is 11. The molecule has 49 heavy (non-hydrogen) atoms. The van der Waals surface area contributed by atoms with E-state index in [2.05, 4.69) is 55.7 Å². The smallest absolute Gasteiger partial charge is 0.251 e. The summed E-state index contributed by atoms with van der Waals surface area (Å²) in [5.74, 6) is -0.459. The number of benzene rings is 4. The monoisotopic (exact) mass is 729 g/mol. The van der Waals surface area contributed by atoms with Gasteiger partial charge >= 0.3 is 0 Å². The van der Waals surface area contributed by atoms with Crippen molar-refractivity contribution in [3.05, 3.63) is 152 Å². The third-order valence-corrected chi connectivity index (χ3v) is 11.6. The van der Waals surface area contributed by atoms with Crippen molar-refractivity contribution in [1.82, 2.24) is 15.2 Å². The highest BCUT2D eigenvalue weighted by Gasteiger charge is 2.28. The fourth-order valence-corrected chi connectivity index (χ4v) is 9.15. The molecule has 5 aromatic rings. The van der Waals surface area contributed by atoms with Gasteiger partial charge in [-0.3, -0.25) is 9.59 Å². The van der Waals surface area contributed by atoms with Crippen LogP contribution in [0.25, 0.3) is 11.8 Å². The summed E-state index contributed by atoms with van der Waals surface area (Å²) in [4.78, 5) is 24.6. The molecule has 0 spiro atoms. The Hall–Kier alpha value is -4.11. The molecule has 252 valence electrons. The topological polar surface area (TPSA) is 72.4 Å². The van der Waals surface area contributed by atoms with E-state index in [1.807, 2.05) is 53.1 Å². The van der Waals surface area contributed by atoms with Crippen molar-refractivity contribution in [1.29, 1.82) is 0 Å². The van der Waals surface area contributed by atoms with Gasteiger partial charge in [-0.25, -0.2) is 0 Å².